The van der Waals surface area contributed by atoms with E-state index >= 15 is 0 Å². The molecule has 0 aromatic heterocycles. The predicted molar refractivity (Wildman–Crippen MR) is 81.4 cm³/mol. The van der Waals surface area contributed by atoms with Crippen molar-refractivity contribution >= 4 is 17.5 Å². The highest BCUT2D eigenvalue weighted by Gasteiger charge is 2.15. The van der Waals surface area contributed by atoms with Crippen LogP contribution in [-0.2, 0) is 9.59 Å². The van der Waals surface area contributed by atoms with E-state index in [1.165, 1.54) is 19.3 Å². The summed E-state index contributed by atoms with van der Waals surface area (Å²) in [6, 6.07) is 2.72. The van der Waals surface area contributed by atoms with E-state index in [1.54, 1.807) is 0 Å². The van der Waals surface area contributed by atoms with Crippen LogP contribution in [0.4, 0.5) is 14.5 Å². The van der Waals surface area contributed by atoms with Crippen LogP contribution in [0.3, 0.4) is 0 Å². The molecule has 4 nitrogen and oxygen atoms in total. The molecule has 2 N–H and O–H groups in total. The van der Waals surface area contributed by atoms with Crippen LogP contribution in [0.5, 0.6) is 0 Å². The van der Waals surface area contributed by atoms with E-state index < -0.39 is 23.4 Å². The number of unbranched alkanes of at least 4 members (excludes halogenated alkanes) is 5. The summed E-state index contributed by atoms with van der Waals surface area (Å²) >= 11 is 0. The normalized spacial score (nSPS) is 10.3. The molecule has 0 heterocycles. The van der Waals surface area contributed by atoms with Crippen LogP contribution in [0.2, 0.25) is 0 Å². The molecule has 0 aliphatic heterocycles. The second kappa shape index (κ2) is 9.87. The largest absolute Gasteiger partial charge is 0.348 e. The van der Waals surface area contributed by atoms with Gasteiger partial charge in [0.25, 0.3) is 0 Å². The van der Waals surface area contributed by atoms with Gasteiger partial charge in [-0.1, -0.05) is 39.0 Å². The van der Waals surface area contributed by atoms with Gasteiger partial charge in [-0.05, 0) is 18.6 Å². The number of rotatable bonds is 8. The second-order valence-corrected chi connectivity index (χ2v) is 5.10. The van der Waals surface area contributed by atoms with Gasteiger partial charge in [0, 0.05) is 12.6 Å². The Labute approximate surface area is 129 Å². The third-order valence-electron chi connectivity index (χ3n) is 3.20. The second-order valence-electron chi connectivity index (χ2n) is 5.10. The van der Waals surface area contributed by atoms with Crippen molar-refractivity contribution in [1.29, 1.82) is 0 Å². The molecule has 0 unspecified atom stereocenters. The van der Waals surface area contributed by atoms with E-state index in [0.29, 0.717) is 12.6 Å². The lowest BCUT2D eigenvalue weighted by Crippen LogP contribution is -2.36. The number of benzene rings is 1. The molecular weight excluding hydrogens is 290 g/mol. The molecular formula is C16H22F2N2O2. The van der Waals surface area contributed by atoms with Crippen molar-refractivity contribution in [3.8, 4) is 0 Å². The van der Waals surface area contributed by atoms with E-state index in [1.807, 2.05) is 0 Å². The molecule has 0 spiro atoms. The summed E-state index contributed by atoms with van der Waals surface area (Å²) in [6.45, 7) is 2.55. The number of nitrogens with one attached hydrogen (secondary N) is 2. The highest BCUT2D eigenvalue weighted by atomic mass is 19.1. The summed E-state index contributed by atoms with van der Waals surface area (Å²) in [4.78, 5) is 23.1. The van der Waals surface area contributed by atoms with Crippen molar-refractivity contribution in [2.24, 2.45) is 0 Å². The first-order valence-corrected chi connectivity index (χ1v) is 7.58. The molecule has 0 aliphatic carbocycles. The van der Waals surface area contributed by atoms with Gasteiger partial charge in [0.1, 0.15) is 11.6 Å². The molecule has 0 saturated heterocycles. The zero-order valence-electron chi connectivity index (χ0n) is 12.8. The van der Waals surface area contributed by atoms with Crippen LogP contribution >= 0.6 is 0 Å². The van der Waals surface area contributed by atoms with Crippen molar-refractivity contribution < 1.29 is 18.4 Å². The lowest BCUT2D eigenvalue weighted by atomic mass is 10.1. The fourth-order valence-corrected chi connectivity index (χ4v) is 1.96. The number of carbonyl (C=O) groups is 2. The van der Waals surface area contributed by atoms with Gasteiger partial charge in [0.15, 0.2) is 0 Å². The van der Waals surface area contributed by atoms with E-state index in [4.69, 9.17) is 0 Å². The molecule has 122 valence electrons. The topological polar surface area (TPSA) is 58.2 Å². The molecule has 0 aliphatic rings. The van der Waals surface area contributed by atoms with Crippen molar-refractivity contribution in [2.75, 3.05) is 11.9 Å². The van der Waals surface area contributed by atoms with E-state index in [-0.39, 0.29) is 5.69 Å². The quantitative estimate of drug-likeness (QED) is 0.571. The van der Waals surface area contributed by atoms with E-state index in [0.717, 1.165) is 31.4 Å². The Hall–Kier alpha value is -1.98. The minimum absolute atomic E-state index is 0.221. The average Bonchev–Trinajstić information content (AvgIpc) is 2.48. The highest BCUT2D eigenvalue weighted by Crippen LogP contribution is 2.14. The lowest BCUT2D eigenvalue weighted by molar-refractivity contribution is -0.136. The zero-order valence-corrected chi connectivity index (χ0v) is 12.8. The summed E-state index contributed by atoms with van der Waals surface area (Å²) in [5.74, 6) is -3.45. The third-order valence-corrected chi connectivity index (χ3v) is 3.20. The molecule has 0 bridgehead atoms. The molecule has 1 aromatic carbocycles. The first-order chi connectivity index (χ1) is 10.5. The predicted octanol–water partition coefficient (Wildman–Crippen LogP) is 3.38. The first-order valence-electron chi connectivity index (χ1n) is 7.58. The number of hydrogen-bond donors (Lipinski definition) is 2. The summed E-state index contributed by atoms with van der Waals surface area (Å²) in [7, 11) is 0. The highest BCUT2D eigenvalue weighted by molar-refractivity contribution is 6.39. The first kappa shape index (κ1) is 18.1. The van der Waals surface area contributed by atoms with Crippen LogP contribution in [0.25, 0.3) is 0 Å². The van der Waals surface area contributed by atoms with E-state index in [2.05, 4.69) is 17.6 Å². The SMILES string of the molecule is CCCCCCCCNC(=O)C(=O)Nc1ccc(F)cc1F. The maximum atomic E-state index is 13.3. The molecule has 6 heteroatoms. The maximum absolute atomic E-state index is 13.3. The molecule has 0 atom stereocenters. The molecule has 1 rings (SSSR count). The molecule has 0 fully saturated rings. The van der Waals surface area contributed by atoms with Gasteiger partial charge in [-0.3, -0.25) is 9.59 Å². The van der Waals surface area contributed by atoms with Crippen molar-refractivity contribution in [1.82, 2.24) is 5.32 Å². The number of amides is 2. The fraction of sp³-hybridized carbons (Fsp3) is 0.500. The van der Waals surface area contributed by atoms with Crippen molar-refractivity contribution in [2.45, 2.75) is 45.4 Å². The molecule has 2 amide bonds. The minimum Gasteiger partial charge on any atom is -0.348 e. The van der Waals surface area contributed by atoms with Gasteiger partial charge < -0.3 is 10.6 Å². The Kier molecular flexibility index (Phi) is 8.10. The molecule has 0 saturated carbocycles. The Balaban J connectivity index is 2.26. The Bertz CT molecular complexity index is 507. The Morgan fingerprint density at radius 3 is 2.36 bits per heavy atom. The number of hydrogen-bond acceptors (Lipinski definition) is 2. The van der Waals surface area contributed by atoms with Crippen molar-refractivity contribution in [3.05, 3.63) is 29.8 Å². The standard InChI is InChI=1S/C16H22F2N2O2/c1-2-3-4-5-6-7-10-19-15(21)16(22)20-14-9-8-12(17)11-13(14)18/h8-9,11H,2-7,10H2,1H3,(H,19,21)(H,20,22). The van der Waals surface area contributed by atoms with Gasteiger partial charge in [-0.25, -0.2) is 8.78 Å². The summed E-state index contributed by atoms with van der Waals surface area (Å²) in [5, 5.41) is 4.59. The fourth-order valence-electron chi connectivity index (χ4n) is 1.96. The smallest absolute Gasteiger partial charge is 0.313 e. The van der Waals surface area contributed by atoms with Gasteiger partial charge in [-0.15, -0.1) is 0 Å². The molecule has 1 aromatic rings. The maximum Gasteiger partial charge on any atom is 0.313 e. The summed E-state index contributed by atoms with van der Waals surface area (Å²) < 4.78 is 26.1. The molecule has 0 radical (unpaired) electrons. The van der Waals surface area contributed by atoms with Gasteiger partial charge in [0.05, 0.1) is 5.69 Å². The monoisotopic (exact) mass is 312 g/mol. The van der Waals surface area contributed by atoms with Crippen LogP contribution in [-0.4, -0.2) is 18.4 Å². The summed E-state index contributed by atoms with van der Waals surface area (Å²) in [5.41, 5.74) is -0.221. The Morgan fingerprint density at radius 1 is 1.00 bits per heavy atom. The Morgan fingerprint density at radius 2 is 1.68 bits per heavy atom. The summed E-state index contributed by atoms with van der Waals surface area (Å²) in [6.07, 6.45) is 6.46. The minimum atomic E-state index is -0.962. The van der Waals surface area contributed by atoms with Gasteiger partial charge in [0.2, 0.25) is 0 Å². The number of anilines is 1. The van der Waals surface area contributed by atoms with Crippen LogP contribution in [0.1, 0.15) is 45.4 Å². The third kappa shape index (κ3) is 6.65. The number of carbonyl (C=O) groups excluding carboxylic acids is 2. The zero-order chi connectivity index (χ0) is 16.4. The average molecular weight is 312 g/mol. The van der Waals surface area contributed by atoms with Crippen LogP contribution in [0, 0.1) is 11.6 Å². The van der Waals surface area contributed by atoms with Crippen LogP contribution in [0.15, 0.2) is 18.2 Å². The van der Waals surface area contributed by atoms with Gasteiger partial charge >= 0.3 is 11.8 Å². The molecule has 22 heavy (non-hydrogen) atoms. The van der Waals surface area contributed by atoms with Gasteiger partial charge in [-0.2, -0.15) is 0 Å². The van der Waals surface area contributed by atoms with E-state index in [9.17, 15) is 18.4 Å². The van der Waals surface area contributed by atoms with Crippen molar-refractivity contribution in [3.63, 3.8) is 0 Å². The number of halogens is 2. The van der Waals surface area contributed by atoms with Crippen LogP contribution < -0.4 is 10.6 Å². The lowest BCUT2D eigenvalue weighted by Gasteiger charge is -2.07.